The standard InChI is InChI=1S/C14H20ClNO3/c1-5-18-10(4)14(17)16-11-6-7-13(12(15)8-11)19-9(2)3/h6-10H,5H2,1-4H3,(H,16,17). The molecule has 5 heteroatoms. The van der Waals surface area contributed by atoms with E-state index >= 15 is 0 Å². The Morgan fingerprint density at radius 1 is 1.37 bits per heavy atom. The van der Waals surface area contributed by atoms with Gasteiger partial charge >= 0.3 is 0 Å². The molecule has 0 aromatic heterocycles. The van der Waals surface area contributed by atoms with Gasteiger partial charge in [-0.15, -0.1) is 0 Å². The van der Waals surface area contributed by atoms with Crippen LogP contribution in [0.5, 0.6) is 5.75 Å². The molecule has 0 aliphatic rings. The molecule has 1 rings (SSSR count). The van der Waals surface area contributed by atoms with Gasteiger partial charge in [-0.25, -0.2) is 0 Å². The molecule has 1 N–H and O–H groups in total. The monoisotopic (exact) mass is 285 g/mol. The number of hydrogen-bond acceptors (Lipinski definition) is 3. The Bertz CT molecular complexity index is 435. The molecule has 0 bridgehead atoms. The summed E-state index contributed by atoms with van der Waals surface area (Å²) in [6.07, 6.45) is -0.439. The van der Waals surface area contributed by atoms with Gasteiger partial charge in [0.1, 0.15) is 11.9 Å². The van der Waals surface area contributed by atoms with E-state index in [9.17, 15) is 4.79 Å². The number of halogens is 1. The first-order valence-corrected chi connectivity index (χ1v) is 6.70. The van der Waals surface area contributed by atoms with Crippen LogP contribution in [0, 0.1) is 0 Å². The first kappa shape index (κ1) is 15.8. The fourth-order valence-corrected chi connectivity index (χ4v) is 1.72. The maximum atomic E-state index is 11.8. The average molecular weight is 286 g/mol. The summed E-state index contributed by atoms with van der Waals surface area (Å²) in [7, 11) is 0. The molecular weight excluding hydrogens is 266 g/mol. The Balaban J connectivity index is 2.70. The van der Waals surface area contributed by atoms with Crippen molar-refractivity contribution in [2.24, 2.45) is 0 Å². The molecule has 1 atom stereocenters. The fraction of sp³-hybridized carbons (Fsp3) is 0.500. The van der Waals surface area contributed by atoms with Crippen molar-refractivity contribution >= 4 is 23.2 Å². The van der Waals surface area contributed by atoms with Crippen LogP contribution in [-0.4, -0.2) is 24.7 Å². The minimum atomic E-state index is -0.490. The number of rotatable bonds is 6. The minimum Gasteiger partial charge on any atom is -0.489 e. The highest BCUT2D eigenvalue weighted by molar-refractivity contribution is 6.32. The molecule has 1 aromatic carbocycles. The zero-order chi connectivity index (χ0) is 14.4. The third-order valence-corrected chi connectivity index (χ3v) is 2.64. The zero-order valence-corrected chi connectivity index (χ0v) is 12.5. The fourth-order valence-electron chi connectivity index (χ4n) is 1.50. The lowest BCUT2D eigenvalue weighted by molar-refractivity contribution is -0.126. The van der Waals surface area contributed by atoms with Crippen molar-refractivity contribution < 1.29 is 14.3 Å². The van der Waals surface area contributed by atoms with Gasteiger partial charge in [0, 0.05) is 12.3 Å². The van der Waals surface area contributed by atoms with Gasteiger partial charge in [0.25, 0.3) is 5.91 Å². The lowest BCUT2D eigenvalue weighted by Crippen LogP contribution is -2.27. The van der Waals surface area contributed by atoms with Gasteiger partial charge in [-0.2, -0.15) is 0 Å². The number of carbonyl (C=O) groups is 1. The first-order valence-electron chi connectivity index (χ1n) is 6.32. The molecule has 19 heavy (non-hydrogen) atoms. The normalized spacial score (nSPS) is 12.3. The topological polar surface area (TPSA) is 47.6 Å². The van der Waals surface area contributed by atoms with E-state index in [0.29, 0.717) is 23.1 Å². The first-order chi connectivity index (χ1) is 8.93. The second kappa shape index (κ2) is 7.36. The quantitative estimate of drug-likeness (QED) is 0.870. The van der Waals surface area contributed by atoms with E-state index in [1.54, 1.807) is 25.1 Å². The van der Waals surface area contributed by atoms with E-state index in [2.05, 4.69) is 5.32 Å². The van der Waals surface area contributed by atoms with Gasteiger partial charge < -0.3 is 14.8 Å². The molecular formula is C14H20ClNO3. The second-order valence-electron chi connectivity index (χ2n) is 4.40. The number of hydrogen-bond donors (Lipinski definition) is 1. The summed E-state index contributed by atoms with van der Waals surface area (Å²) in [6.45, 7) is 7.90. The predicted octanol–water partition coefficient (Wildman–Crippen LogP) is 3.49. The summed E-state index contributed by atoms with van der Waals surface area (Å²) in [5.74, 6) is 0.406. The van der Waals surface area contributed by atoms with Crippen LogP contribution in [0.3, 0.4) is 0 Å². The molecule has 4 nitrogen and oxygen atoms in total. The van der Waals surface area contributed by atoms with Crippen LogP contribution < -0.4 is 10.1 Å². The van der Waals surface area contributed by atoms with Crippen LogP contribution in [0.1, 0.15) is 27.7 Å². The van der Waals surface area contributed by atoms with E-state index < -0.39 is 6.10 Å². The molecule has 0 saturated carbocycles. The summed E-state index contributed by atoms with van der Waals surface area (Å²) in [5, 5.41) is 3.21. The third kappa shape index (κ3) is 5.09. The average Bonchev–Trinajstić information content (AvgIpc) is 2.32. The van der Waals surface area contributed by atoms with E-state index in [4.69, 9.17) is 21.1 Å². The number of amides is 1. The zero-order valence-electron chi connectivity index (χ0n) is 11.7. The predicted molar refractivity (Wildman–Crippen MR) is 76.9 cm³/mol. The van der Waals surface area contributed by atoms with Crippen molar-refractivity contribution in [3.8, 4) is 5.75 Å². The van der Waals surface area contributed by atoms with Crippen molar-refractivity contribution in [2.75, 3.05) is 11.9 Å². The molecule has 0 saturated heterocycles. The maximum absolute atomic E-state index is 11.8. The van der Waals surface area contributed by atoms with Crippen molar-refractivity contribution in [2.45, 2.75) is 39.9 Å². The van der Waals surface area contributed by atoms with Gasteiger partial charge in [0.15, 0.2) is 0 Å². The van der Waals surface area contributed by atoms with Crippen LogP contribution in [-0.2, 0) is 9.53 Å². The second-order valence-corrected chi connectivity index (χ2v) is 4.81. The van der Waals surface area contributed by atoms with E-state index in [1.807, 2.05) is 20.8 Å². The van der Waals surface area contributed by atoms with Gasteiger partial charge in [-0.3, -0.25) is 4.79 Å². The summed E-state index contributed by atoms with van der Waals surface area (Å²) >= 11 is 6.09. The van der Waals surface area contributed by atoms with Crippen molar-refractivity contribution in [3.63, 3.8) is 0 Å². The molecule has 0 aliphatic carbocycles. The summed E-state index contributed by atoms with van der Waals surface area (Å²) in [6, 6.07) is 5.15. The smallest absolute Gasteiger partial charge is 0.253 e. The highest BCUT2D eigenvalue weighted by atomic mass is 35.5. The van der Waals surface area contributed by atoms with Crippen LogP contribution >= 0.6 is 11.6 Å². The van der Waals surface area contributed by atoms with Crippen LogP contribution in [0.15, 0.2) is 18.2 Å². The lowest BCUT2D eigenvalue weighted by Gasteiger charge is -2.14. The largest absolute Gasteiger partial charge is 0.489 e. The number of nitrogens with one attached hydrogen (secondary N) is 1. The molecule has 1 aromatic rings. The Kier molecular flexibility index (Phi) is 6.12. The molecule has 0 aliphatic heterocycles. The van der Waals surface area contributed by atoms with Crippen molar-refractivity contribution in [3.05, 3.63) is 23.2 Å². The van der Waals surface area contributed by atoms with Crippen LogP contribution in [0.4, 0.5) is 5.69 Å². The molecule has 1 unspecified atom stereocenters. The maximum Gasteiger partial charge on any atom is 0.253 e. The molecule has 0 radical (unpaired) electrons. The van der Waals surface area contributed by atoms with E-state index in [-0.39, 0.29) is 12.0 Å². The molecule has 106 valence electrons. The Hall–Kier alpha value is -1.26. The summed E-state index contributed by atoms with van der Waals surface area (Å²) in [4.78, 5) is 11.8. The molecule has 0 fully saturated rings. The van der Waals surface area contributed by atoms with Crippen LogP contribution in [0.25, 0.3) is 0 Å². The van der Waals surface area contributed by atoms with E-state index in [1.165, 1.54) is 0 Å². The summed E-state index contributed by atoms with van der Waals surface area (Å²) < 4.78 is 10.7. The van der Waals surface area contributed by atoms with Gasteiger partial charge in [0.05, 0.1) is 11.1 Å². The Labute approximate surface area is 119 Å². The molecule has 1 amide bonds. The van der Waals surface area contributed by atoms with Crippen molar-refractivity contribution in [1.82, 2.24) is 0 Å². The Morgan fingerprint density at radius 3 is 2.58 bits per heavy atom. The van der Waals surface area contributed by atoms with E-state index in [0.717, 1.165) is 0 Å². The van der Waals surface area contributed by atoms with Gasteiger partial charge in [-0.1, -0.05) is 11.6 Å². The minimum absolute atomic E-state index is 0.0518. The third-order valence-electron chi connectivity index (χ3n) is 2.35. The highest BCUT2D eigenvalue weighted by Crippen LogP contribution is 2.28. The van der Waals surface area contributed by atoms with Gasteiger partial charge in [-0.05, 0) is 45.9 Å². The van der Waals surface area contributed by atoms with Crippen LogP contribution in [0.2, 0.25) is 5.02 Å². The SMILES string of the molecule is CCOC(C)C(=O)Nc1ccc(OC(C)C)c(Cl)c1. The summed E-state index contributed by atoms with van der Waals surface area (Å²) in [5.41, 5.74) is 0.623. The van der Waals surface area contributed by atoms with Crippen molar-refractivity contribution in [1.29, 1.82) is 0 Å². The number of carbonyl (C=O) groups excluding carboxylic acids is 1. The lowest BCUT2D eigenvalue weighted by atomic mass is 10.2. The molecule has 0 spiro atoms. The van der Waals surface area contributed by atoms with Gasteiger partial charge in [0.2, 0.25) is 0 Å². The number of benzene rings is 1. The Morgan fingerprint density at radius 2 is 2.05 bits per heavy atom. The number of anilines is 1. The number of ether oxygens (including phenoxy) is 2. The highest BCUT2D eigenvalue weighted by Gasteiger charge is 2.13. The molecule has 0 heterocycles.